The minimum Gasteiger partial charge on any atom is -0.311 e. The van der Waals surface area contributed by atoms with Gasteiger partial charge in [0.15, 0.2) is 0 Å². The molecule has 0 amide bonds. The first kappa shape index (κ1) is 12.4. The molecule has 0 saturated carbocycles. The van der Waals surface area contributed by atoms with E-state index in [1.165, 1.54) is 25.7 Å². The fourth-order valence-corrected chi connectivity index (χ4v) is 3.49. The van der Waals surface area contributed by atoms with Crippen LogP contribution in [0, 0.1) is 0 Å². The number of pyridine rings is 1. The van der Waals surface area contributed by atoms with Crippen LogP contribution in [-0.4, -0.2) is 35.1 Å². The van der Waals surface area contributed by atoms with Crippen LogP contribution < -0.4 is 5.32 Å². The highest BCUT2D eigenvalue weighted by atomic mass is 35.5. The molecule has 0 aliphatic carbocycles. The van der Waals surface area contributed by atoms with Crippen LogP contribution in [0.4, 0.5) is 0 Å². The number of fused-ring (bicyclic) bond motifs is 2. The van der Waals surface area contributed by atoms with Gasteiger partial charge in [-0.05, 0) is 44.9 Å². The van der Waals surface area contributed by atoms with Crippen molar-refractivity contribution in [1.82, 2.24) is 15.2 Å². The molecule has 3 nitrogen and oxygen atoms in total. The van der Waals surface area contributed by atoms with Gasteiger partial charge in [-0.2, -0.15) is 0 Å². The minimum absolute atomic E-state index is 0.589. The maximum absolute atomic E-state index is 5.93. The lowest BCUT2D eigenvalue weighted by Gasteiger charge is -2.35. The summed E-state index contributed by atoms with van der Waals surface area (Å²) in [5.41, 5.74) is 1.07. The molecule has 2 bridgehead atoms. The second kappa shape index (κ2) is 5.16. The van der Waals surface area contributed by atoms with E-state index in [0.29, 0.717) is 11.2 Å². The number of nitrogens with one attached hydrogen (secondary N) is 1. The smallest absolute Gasteiger partial charge is 0.129 e. The van der Waals surface area contributed by atoms with E-state index in [-0.39, 0.29) is 0 Å². The third-order valence-corrected chi connectivity index (χ3v) is 4.47. The predicted molar refractivity (Wildman–Crippen MR) is 73.7 cm³/mol. The van der Waals surface area contributed by atoms with Gasteiger partial charge < -0.3 is 5.32 Å². The number of hydrogen-bond donors (Lipinski definition) is 1. The van der Waals surface area contributed by atoms with Crippen molar-refractivity contribution in [2.75, 3.05) is 7.05 Å². The van der Waals surface area contributed by atoms with Crippen LogP contribution in [0.2, 0.25) is 5.15 Å². The molecule has 2 atom stereocenters. The van der Waals surface area contributed by atoms with Crippen molar-refractivity contribution in [3.05, 3.63) is 29.0 Å². The van der Waals surface area contributed by atoms with Crippen molar-refractivity contribution in [2.45, 2.75) is 50.4 Å². The number of rotatable bonds is 3. The van der Waals surface area contributed by atoms with Crippen molar-refractivity contribution in [2.24, 2.45) is 0 Å². The van der Waals surface area contributed by atoms with Gasteiger partial charge in [0.2, 0.25) is 0 Å². The van der Waals surface area contributed by atoms with Gasteiger partial charge >= 0.3 is 0 Å². The van der Waals surface area contributed by atoms with E-state index in [1.807, 2.05) is 12.1 Å². The standard InChI is InChI=1S/C14H20ClN3/c1-18(9-12-3-2-4-14(15)17-12)13-7-10-5-6-11(8-13)16-10/h2-4,10-11,13,16H,5-9H2,1H3. The topological polar surface area (TPSA) is 28.2 Å². The number of halogens is 1. The van der Waals surface area contributed by atoms with E-state index >= 15 is 0 Å². The normalized spacial score (nSPS) is 30.9. The summed E-state index contributed by atoms with van der Waals surface area (Å²) in [6, 6.07) is 8.02. The Balaban J connectivity index is 1.63. The lowest BCUT2D eigenvalue weighted by molar-refractivity contribution is 0.164. The molecule has 1 N–H and O–H groups in total. The highest BCUT2D eigenvalue weighted by Gasteiger charge is 2.34. The molecule has 0 spiro atoms. The molecular weight excluding hydrogens is 246 g/mol. The fourth-order valence-electron chi connectivity index (χ4n) is 3.31. The quantitative estimate of drug-likeness (QED) is 0.851. The van der Waals surface area contributed by atoms with Gasteiger partial charge in [-0.15, -0.1) is 0 Å². The maximum Gasteiger partial charge on any atom is 0.129 e. The Labute approximate surface area is 114 Å². The Hall–Kier alpha value is -0.640. The van der Waals surface area contributed by atoms with Crippen molar-refractivity contribution >= 4 is 11.6 Å². The molecule has 1 aromatic rings. The third-order valence-electron chi connectivity index (χ3n) is 4.26. The van der Waals surface area contributed by atoms with Gasteiger partial charge in [-0.1, -0.05) is 17.7 Å². The van der Waals surface area contributed by atoms with Gasteiger partial charge in [0.25, 0.3) is 0 Å². The zero-order valence-corrected chi connectivity index (χ0v) is 11.5. The van der Waals surface area contributed by atoms with E-state index in [0.717, 1.165) is 24.3 Å². The summed E-state index contributed by atoms with van der Waals surface area (Å²) >= 11 is 5.93. The van der Waals surface area contributed by atoms with E-state index in [4.69, 9.17) is 11.6 Å². The minimum atomic E-state index is 0.589. The molecule has 2 unspecified atom stereocenters. The van der Waals surface area contributed by atoms with Crippen LogP contribution >= 0.6 is 11.6 Å². The van der Waals surface area contributed by atoms with Crippen LogP contribution in [0.1, 0.15) is 31.4 Å². The SMILES string of the molecule is CN(Cc1cccc(Cl)n1)C1CC2CCC(C1)N2. The Morgan fingerprint density at radius 3 is 2.72 bits per heavy atom. The van der Waals surface area contributed by atoms with Gasteiger partial charge in [-0.25, -0.2) is 4.98 Å². The second-order valence-corrected chi connectivity index (χ2v) is 6.02. The van der Waals surface area contributed by atoms with Crippen molar-refractivity contribution in [3.63, 3.8) is 0 Å². The highest BCUT2D eigenvalue weighted by Crippen LogP contribution is 2.29. The van der Waals surface area contributed by atoms with Crippen LogP contribution in [0.25, 0.3) is 0 Å². The zero-order valence-electron chi connectivity index (χ0n) is 10.8. The average molecular weight is 266 g/mol. The summed E-state index contributed by atoms with van der Waals surface area (Å²) in [5.74, 6) is 0. The molecule has 0 aromatic carbocycles. The second-order valence-electron chi connectivity index (χ2n) is 5.63. The first-order valence-electron chi connectivity index (χ1n) is 6.78. The predicted octanol–water partition coefficient (Wildman–Crippen LogP) is 2.45. The molecule has 3 heterocycles. The number of aromatic nitrogens is 1. The van der Waals surface area contributed by atoms with E-state index in [9.17, 15) is 0 Å². The number of hydrogen-bond acceptors (Lipinski definition) is 3. The summed E-state index contributed by atoms with van der Waals surface area (Å²) in [6.07, 6.45) is 5.25. The average Bonchev–Trinajstić information content (AvgIpc) is 2.68. The third kappa shape index (κ3) is 2.68. The Bertz CT molecular complexity index is 411. The molecule has 98 valence electrons. The summed E-state index contributed by atoms with van der Waals surface area (Å²) in [6.45, 7) is 0.894. The number of nitrogens with zero attached hydrogens (tertiary/aromatic N) is 2. The van der Waals surface area contributed by atoms with Crippen LogP contribution in [0.5, 0.6) is 0 Å². The molecule has 2 fully saturated rings. The van der Waals surface area contributed by atoms with Crippen molar-refractivity contribution in [3.8, 4) is 0 Å². The van der Waals surface area contributed by atoms with Gasteiger partial charge in [0.1, 0.15) is 5.15 Å². The van der Waals surface area contributed by atoms with Crippen molar-refractivity contribution < 1.29 is 0 Å². The van der Waals surface area contributed by atoms with E-state index < -0.39 is 0 Å². The molecule has 0 radical (unpaired) electrons. The summed E-state index contributed by atoms with van der Waals surface area (Å²) in [5, 5.41) is 4.27. The number of piperidine rings is 1. The van der Waals surface area contributed by atoms with E-state index in [2.05, 4.69) is 28.3 Å². The molecule has 4 heteroatoms. The summed E-state index contributed by atoms with van der Waals surface area (Å²) < 4.78 is 0. The zero-order chi connectivity index (χ0) is 12.5. The van der Waals surface area contributed by atoms with Gasteiger partial charge in [0, 0.05) is 24.7 Å². The van der Waals surface area contributed by atoms with Crippen LogP contribution in [0.15, 0.2) is 18.2 Å². The fraction of sp³-hybridized carbons (Fsp3) is 0.643. The van der Waals surface area contributed by atoms with Crippen LogP contribution in [-0.2, 0) is 6.54 Å². The lowest BCUT2D eigenvalue weighted by atomic mass is 9.98. The molecule has 2 aliphatic heterocycles. The molecule has 1 aromatic heterocycles. The van der Waals surface area contributed by atoms with E-state index in [1.54, 1.807) is 0 Å². The first-order chi connectivity index (χ1) is 8.70. The highest BCUT2D eigenvalue weighted by molar-refractivity contribution is 6.29. The Kier molecular flexibility index (Phi) is 3.55. The molecule has 3 rings (SSSR count). The maximum atomic E-state index is 5.93. The van der Waals surface area contributed by atoms with Crippen LogP contribution in [0.3, 0.4) is 0 Å². The molecule has 2 aliphatic rings. The Morgan fingerprint density at radius 2 is 2.06 bits per heavy atom. The summed E-state index contributed by atoms with van der Waals surface area (Å²) in [7, 11) is 2.21. The molecular formula is C14H20ClN3. The van der Waals surface area contributed by atoms with Gasteiger partial charge in [0.05, 0.1) is 5.69 Å². The largest absolute Gasteiger partial charge is 0.311 e. The van der Waals surface area contributed by atoms with Crippen molar-refractivity contribution in [1.29, 1.82) is 0 Å². The molecule has 2 saturated heterocycles. The monoisotopic (exact) mass is 265 g/mol. The Morgan fingerprint density at radius 1 is 1.33 bits per heavy atom. The lowest BCUT2D eigenvalue weighted by Crippen LogP contribution is -2.46. The summed E-state index contributed by atoms with van der Waals surface area (Å²) in [4.78, 5) is 6.81. The van der Waals surface area contributed by atoms with Gasteiger partial charge in [-0.3, -0.25) is 4.90 Å². The first-order valence-corrected chi connectivity index (χ1v) is 7.16. The molecule has 18 heavy (non-hydrogen) atoms.